The van der Waals surface area contributed by atoms with Gasteiger partial charge in [-0.3, -0.25) is 9.48 Å². The normalized spacial score (nSPS) is 10.9. The molecular weight excluding hydrogens is 178 g/mol. The number of aromatic nitrogens is 2. The molecule has 14 heavy (non-hydrogen) atoms. The van der Waals surface area contributed by atoms with Crippen molar-refractivity contribution in [1.82, 2.24) is 14.7 Å². The zero-order chi connectivity index (χ0) is 10.6. The number of hydrogen-bond acceptors (Lipinski definition) is 3. The third-order valence-corrected chi connectivity index (χ3v) is 1.98. The standard InChI is InChI=1S/C10H17N3O/c1-12(2)6-5-10(14)8-9-4-7-13(3)11-9/h4,7H,5-6,8H2,1-3H3. The molecule has 0 radical (unpaired) electrons. The van der Waals surface area contributed by atoms with E-state index in [2.05, 4.69) is 5.10 Å². The Bertz CT molecular complexity index is 304. The molecule has 0 unspecified atom stereocenters. The van der Waals surface area contributed by atoms with E-state index < -0.39 is 0 Å². The Morgan fingerprint density at radius 3 is 2.79 bits per heavy atom. The van der Waals surface area contributed by atoms with Crippen LogP contribution < -0.4 is 0 Å². The maximum Gasteiger partial charge on any atom is 0.140 e. The van der Waals surface area contributed by atoms with Crippen LogP contribution in [0.2, 0.25) is 0 Å². The highest BCUT2D eigenvalue weighted by molar-refractivity contribution is 5.80. The Morgan fingerprint density at radius 2 is 2.29 bits per heavy atom. The predicted molar refractivity (Wildman–Crippen MR) is 55.1 cm³/mol. The SMILES string of the molecule is CN(C)CCC(=O)Cc1ccn(C)n1. The third-order valence-electron chi connectivity index (χ3n) is 1.98. The zero-order valence-corrected chi connectivity index (χ0v) is 9.03. The fourth-order valence-corrected chi connectivity index (χ4v) is 1.20. The molecule has 0 amide bonds. The summed E-state index contributed by atoms with van der Waals surface area (Å²) < 4.78 is 1.72. The van der Waals surface area contributed by atoms with Crippen LogP contribution in [0.4, 0.5) is 0 Å². The first-order chi connectivity index (χ1) is 6.58. The highest BCUT2D eigenvalue weighted by atomic mass is 16.1. The minimum absolute atomic E-state index is 0.248. The van der Waals surface area contributed by atoms with Gasteiger partial charge in [0.2, 0.25) is 0 Å². The fourth-order valence-electron chi connectivity index (χ4n) is 1.20. The molecule has 1 aromatic rings. The zero-order valence-electron chi connectivity index (χ0n) is 9.03. The number of Topliss-reactive ketones (excluding diaryl/α,β-unsaturated/α-hetero) is 1. The van der Waals surface area contributed by atoms with Crippen LogP contribution in [-0.4, -0.2) is 41.1 Å². The molecule has 0 N–H and O–H groups in total. The van der Waals surface area contributed by atoms with E-state index in [1.54, 1.807) is 4.68 Å². The summed E-state index contributed by atoms with van der Waals surface area (Å²) in [5, 5.41) is 4.16. The smallest absolute Gasteiger partial charge is 0.140 e. The van der Waals surface area contributed by atoms with Gasteiger partial charge in [0, 0.05) is 26.2 Å². The molecule has 1 rings (SSSR count). The Labute approximate surface area is 84.5 Å². The summed E-state index contributed by atoms with van der Waals surface area (Å²) in [7, 11) is 5.79. The van der Waals surface area contributed by atoms with Gasteiger partial charge in [0.05, 0.1) is 12.1 Å². The van der Waals surface area contributed by atoms with E-state index >= 15 is 0 Å². The van der Waals surface area contributed by atoms with Crippen molar-refractivity contribution in [2.24, 2.45) is 7.05 Å². The number of nitrogens with zero attached hydrogens (tertiary/aromatic N) is 3. The highest BCUT2D eigenvalue weighted by Crippen LogP contribution is 1.98. The molecule has 78 valence electrons. The van der Waals surface area contributed by atoms with Gasteiger partial charge < -0.3 is 4.90 Å². The lowest BCUT2D eigenvalue weighted by Crippen LogP contribution is -2.17. The molecule has 0 fully saturated rings. The van der Waals surface area contributed by atoms with Gasteiger partial charge in [-0.05, 0) is 20.2 Å². The molecule has 0 saturated heterocycles. The monoisotopic (exact) mass is 195 g/mol. The summed E-state index contributed by atoms with van der Waals surface area (Å²) in [6.45, 7) is 0.811. The van der Waals surface area contributed by atoms with E-state index in [1.165, 1.54) is 0 Å². The van der Waals surface area contributed by atoms with Gasteiger partial charge in [0.1, 0.15) is 5.78 Å². The molecule has 0 spiro atoms. The molecular formula is C10H17N3O. The average molecular weight is 195 g/mol. The molecule has 1 heterocycles. The lowest BCUT2D eigenvalue weighted by Gasteiger charge is -2.07. The van der Waals surface area contributed by atoms with Crippen molar-refractivity contribution in [3.8, 4) is 0 Å². The van der Waals surface area contributed by atoms with Crippen molar-refractivity contribution in [2.45, 2.75) is 12.8 Å². The maximum atomic E-state index is 11.5. The first-order valence-electron chi connectivity index (χ1n) is 4.73. The molecule has 4 nitrogen and oxygen atoms in total. The van der Waals surface area contributed by atoms with Crippen LogP contribution in [0, 0.1) is 0 Å². The number of ketones is 1. The number of carbonyl (C=O) groups excluding carboxylic acids is 1. The number of rotatable bonds is 5. The molecule has 0 aromatic carbocycles. The van der Waals surface area contributed by atoms with Gasteiger partial charge in [0.25, 0.3) is 0 Å². The topological polar surface area (TPSA) is 38.1 Å². The third kappa shape index (κ3) is 3.70. The molecule has 4 heteroatoms. The molecule has 0 aliphatic heterocycles. The number of aryl methyl sites for hydroxylation is 1. The minimum Gasteiger partial charge on any atom is -0.309 e. The average Bonchev–Trinajstić information content (AvgIpc) is 2.48. The number of carbonyl (C=O) groups is 1. The van der Waals surface area contributed by atoms with E-state index in [4.69, 9.17) is 0 Å². The maximum absolute atomic E-state index is 11.5. The minimum atomic E-state index is 0.248. The first-order valence-corrected chi connectivity index (χ1v) is 4.73. The summed E-state index contributed by atoms with van der Waals surface area (Å²) in [4.78, 5) is 13.5. The van der Waals surface area contributed by atoms with Gasteiger partial charge in [-0.15, -0.1) is 0 Å². The van der Waals surface area contributed by atoms with Gasteiger partial charge >= 0.3 is 0 Å². The van der Waals surface area contributed by atoms with Gasteiger partial charge in [-0.1, -0.05) is 0 Å². The van der Waals surface area contributed by atoms with Crippen molar-refractivity contribution in [3.63, 3.8) is 0 Å². The van der Waals surface area contributed by atoms with Gasteiger partial charge in [0.15, 0.2) is 0 Å². The van der Waals surface area contributed by atoms with Crippen LogP contribution in [0.25, 0.3) is 0 Å². The Morgan fingerprint density at radius 1 is 1.57 bits per heavy atom. The quantitative estimate of drug-likeness (QED) is 0.686. The van der Waals surface area contributed by atoms with Crippen molar-refractivity contribution >= 4 is 5.78 Å². The second kappa shape index (κ2) is 4.91. The summed E-state index contributed by atoms with van der Waals surface area (Å²) in [6, 6.07) is 1.88. The van der Waals surface area contributed by atoms with Crippen LogP contribution >= 0.6 is 0 Å². The van der Waals surface area contributed by atoms with Crippen LogP contribution in [0.3, 0.4) is 0 Å². The molecule has 0 atom stereocenters. The van der Waals surface area contributed by atoms with Crippen LogP contribution in [0.5, 0.6) is 0 Å². The lowest BCUT2D eigenvalue weighted by atomic mass is 10.1. The highest BCUT2D eigenvalue weighted by Gasteiger charge is 2.06. The van der Waals surface area contributed by atoms with Gasteiger partial charge in [-0.25, -0.2) is 0 Å². The van der Waals surface area contributed by atoms with Crippen LogP contribution in [0.1, 0.15) is 12.1 Å². The van der Waals surface area contributed by atoms with Gasteiger partial charge in [-0.2, -0.15) is 5.10 Å². The van der Waals surface area contributed by atoms with E-state index in [9.17, 15) is 4.79 Å². The second-order valence-electron chi connectivity index (χ2n) is 3.75. The van der Waals surface area contributed by atoms with Crippen molar-refractivity contribution in [1.29, 1.82) is 0 Å². The summed E-state index contributed by atoms with van der Waals surface area (Å²) >= 11 is 0. The van der Waals surface area contributed by atoms with Crippen molar-refractivity contribution in [2.75, 3.05) is 20.6 Å². The van der Waals surface area contributed by atoms with Crippen molar-refractivity contribution in [3.05, 3.63) is 18.0 Å². The summed E-state index contributed by atoms with van der Waals surface area (Å²) in [5.74, 6) is 0.248. The lowest BCUT2D eigenvalue weighted by molar-refractivity contribution is -0.118. The summed E-state index contributed by atoms with van der Waals surface area (Å²) in [6.07, 6.45) is 2.91. The predicted octanol–water partition coefficient (Wildman–Crippen LogP) is 0.483. The molecule has 0 bridgehead atoms. The molecule has 0 aliphatic rings. The van der Waals surface area contributed by atoms with E-state index in [1.807, 2.05) is 38.3 Å². The Hall–Kier alpha value is -1.16. The van der Waals surface area contributed by atoms with E-state index in [0.29, 0.717) is 12.8 Å². The molecule has 0 aliphatic carbocycles. The molecule has 0 saturated carbocycles. The Kier molecular flexibility index (Phi) is 3.83. The van der Waals surface area contributed by atoms with Crippen molar-refractivity contribution < 1.29 is 4.79 Å². The Balaban J connectivity index is 2.34. The second-order valence-corrected chi connectivity index (χ2v) is 3.75. The largest absolute Gasteiger partial charge is 0.309 e. The van der Waals surface area contributed by atoms with Crippen LogP contribution in [-0.2, 0) is 18.3 Å². The first kappa shape index (κ1) is 10.9. The number of hydrogen-bond donors (Lipinski definition) is 0. The summed E-state index contributed by atoms with van der Waals surface area (Å²) in [5.41, 5.74) is 0.858. The van der Waals surface area contributed by atoms with E-state index in [0.717, 1.165) is 12.2 Å². The van der Waals surface area contributed by atoms with Crippen LogP contribution in [0.15, 0.2) is 12.3 Å². The molecule has 1 aromatic heterocycles. The van der Waals surface area contributed by atoms with E-state index in [-0.39, 0.29) is 5.78 Å². The fraction of sp³-hybridized carbons (Fsp3) is 0.600.